The number of fused-ring (bicyclic) bond motifs is 1. The molecule has 35 heavy (non-hydrogen) atoms. The molecule has 0 aliphatic carbocycles. The molecule has 0 atom stereocenters. The molecule has 0 aromatic heterocycles. The first-order valence-electron chi connectivity index (χ1n) is 11.8. The quantitative estimate of drug-likeness (QED) is 0.439. The molecule has 3 rings (SSSR count). The monoisotopic (exact) mass is 486 g/mol. The van der Waals surface area contributed by atoms with Crippen LogP contribution in [0.3, 0.4) is 0 Å². The van der Waals surface area contributed by atoms with E-state index in [4.69, 9.17) is 28.4 Å². The molecule has 1 aliphatic rings. The Morgan fingerprint density at radius 1 is 0.800 bits per heavy atom. The highest BCUT2D eigenvalue weighted by atomic mass is 16.6. The van der Waals surface area contributed by atoms with Gasteiger partial charge in [0.05, 0.1) is 46.2 Å². The van der Waals surface area contributed by atoms with Crippen LogP contribution in [0.4, 0.5) is 16.2 Å². The first kappa shape index (κ1) is 26.3. The maximum atomic E-state index is 12.5. The summed E-state index contributed by atoms with van der Waals surface area (Å²) in [7, 11) is 0. The minimum atomic E-state index is -0.376. The second-order valence-electron chi connectivity index (χ2n) is 7.58. The van der Waals surface area contributed by atoms with Crippen LogP contribution in [-0.4, -0.2) is 65.5 Å². The molecule has 0 unspecified atom stereocenters. The molecule has 2 N–H and O–H groups in total. The first-order chi connectivity index (χ1) is 17.2. The standard InChI is InChI=1S/C26H34N2O7/c1-2-3-4-11-33-23-8-5-21(6-9-23)27-26(29)28-22-7-10-24-25(20-22)35-19-17-32-15-13-30-12-14-31-16-18-34-24/h2,5-10,20H,1,3-4,11-19H2,(H2,27,28,29). The van der Waals surface area contributed by atoms with Gasteiger partial charge < -0.3 is 39.1 Å². The van der Waals surface area contributed by atoms with Gasteiger partial charge in [-0.2, -0.15) is 0 Å². The maximum absolute atomic E-state index is 12.5. The summed E-state index contributed by atoms with van der Waals surface area (Å²) in [5.41, 5.74) is 1.21. The zero-order chi connectivity index (χ0) is 24.6. The Morgan fingerprint density at radius 2 is 1.37 bits per heavy atom. The minimum Gasteiger partial charge on any atom is -0.494 e. The molecule has 0 saturated carbocycles. The van der Waals surface area contributed by atoms with Crippen molar-refractivity contribution in [2.45, 2.75) is 12.8 Å². The maximum Gasteiger partial charge on any atom is 0.323 e. The lowest BCUT2D eigenvalue weighted by Crippen LogP contribution is -2.19. The normalized spacial score (nSPS) is 15.2. The van der Waals surface area contributed by atoms with Crippen LogP contribution in [0.1, 0.15) is 12.8 Å². The number of nitrogens with one attached hydrogen (secondary N) is 2. The van der Waals surface area contributed by atoms with Crippen molar-refractivity contribution < 1.29 is 33.2 Å². The lowest BCUT2D eigenvalue weighted by molar-refractivity contribution is 0.00708. The number of ether oxygens (including phenoxy) is 6. The van der Waals surface area contributed by atoms with Crippen molar-refractivity contribution in [2.24, 2.45) is 0 Å². The Hall–Kier alpha value is -3.27. The van der Waals surface area contributed by atoms with E-state index >= 15 is 0 Å². The van der Waals surface area contributed by atoms with Gasteiger partial charge in [0.1, 0.15) is 19.0 Å². The molecule has 1 aliphatic heterocycles. The van der Waals surface area contributed by atoms with Crippen LogP contribution in [0, 0.1) is 0 Å². The fourth-order valence-corrected chi connectivity index (χ4v) is 3.13. The molecule has 2 amide bonds. The topological polar surface area (TPSA) is 96.5 Å². The minimum absolute atomic E-state index is 0.338. The van der Waals surface area contributed by atoms with Crippen molar-refractivity contribution in [1.29, 1.82) is 0 Å². The molecule has 9 nitrogen and oxygen atoms in total. The highest BCUT2D eigenvalue weighted by Gasteiger charge is 2.10. The number of hydrogen-bond acceptors (Lipinski definition) is 7. The lowest BCUT2D eigenvalue weighted by atomic mass is 10.2. The summed E-state index contributed by atoms with van der Waals surface area (Å²) >= 11 is 0. The van der Waals surface area contributed by atoms with E-state index in [1.54, 1.807) is 30.3 Å². The summed E-state index contributed by atoms with van der Waals surface area (Å²) in [6, 6.07) is 12.1. The number of allylic oxidation sites excluding steroid dienone is 1. The zero-order valence-corrected chi connectivity index (χ0v) is 20.0. The van der Waals surface area contributed by atoms with E-state index in [-0.39, 0.29) is 6.03 Å². The van der Waals surface area contributed by atoms with E-state index in [0.29, 0.717) is 82.3 Å². The summed E-state index contributed by atoms with van der Waals surface area (Å²) in [4.78, 5) is 12.5. The highest BCUT2D eigenvalue weighted by Crippen LogP contribution is 2.31. The Labute approximate surface area is 206 Å². The molecule has 2 aromatic carbocycles. The Kier molecular flexibility index (Phi) is 11.7. The van der Waals surface area contributed by atoms with Crippen molar-refractivity contribution >= 4 is 17.4 Å². The number of urea groups is 1. The van der Waals surface area contributed by atoms with E-state index in [1.807, 2.05) is 18.2 Å². The van der Waals surface area contributed by atoms with Gasteiger partial charge in [0.15, 0.2) is 11.5 Å². The molecule has 0 spiro atoms. The molecule has 2 aromatic rings. The molecule has 0 fully saturated rings. The van der Waals surface area contributed by atoms with E-state index in [2.05, 4.69) is 17.2 Å². The molecule has 0 saturated heterocycles. The third-order valence-corrected chi connectivity index (χ3v) is 4.85. The van der Waals surface area contributed by atoms with Crippen molar-refractivity contribution in [2.75, 3.05) is 70.1 Å². The fourth-order valence-electron chi connectivity index (χ4n) is 3.13. The molecule has 0 radical (unpaired) electrons. The van der Waals surface area contributed by atoms with Gasteiger partial charge in [-0.1, -0.05) is 6.08 Å². The second kappa shape index (κ2) is 15.6. The van der Waals surface area contributed by atoms with Crippen LogP contribution in [0.2, 0.25) is 0 Å². The van der Waals surface area contributed by atoms with E-state index < -0.39 is 0 Å². The van der Waals surface area contributed by atoms with Gasteiger partial charge >= 0.3 is 6.03 Å². The third kappa shape index (κ3) is 10.3. The summed E-state index contributed by atoms with van der Waals surface area (Å²) in [5, 5.41) is 5.63. The van der Waals surface area contributed by atoms with Gasteiger partial charge in [0, 0.05) is 17.4 Å². The SMILES string of the molecule is C=CCCCOc1ccc(NC(=O)Nc2ccc3c(c2)OCCOCCOCCOCCO3)cc1. The largest absolute Gasteiger partial charge is 0.494 e. The molecule has 0 bridgehead atoms. The van der Waals surface area contributed by atoms with Crippen molar-refractivity contribution in [3.05, 3.63) is 55.1 Å². The molecule has 9 heteroatoms. The summed E-state index contributed by atoms with van der Waals surface area (Å²) in [6.07, 6.45) is 3.70. The Morgan fingerprint density at radius 3 is 2.03 bits per heavy atom. The first-order valence-corrected chi connectivity index (χ1v) is 11.8. The lowest BCUT2D eigenvalue weighted by Gasteiger charge is -2.15. The molecular formula is C26H34N2O7. The number of rotatable bonds is 7. The average Bonchev–Trinajstić information content (AvgIpc) is 2.87. The number of carbonyl (C=O) groups excluding carboxylic acids is 1. The predicted octanol–water partition coefficient (Wildman–Crippen LogP) is 4.50. The van der Waals surface area contributed by atoms with E-state index in [1.165, 1.54) is 0 Å². The van der Waals surface area contributed by atoms with Crippen LogP contribution < -0.4 is 24.8 Å². The molecule has 1 heterocycles. The van der Waals surface area contributed by atoms with Gasteiger partial charge in [-0.25, -0.2) is 4.79 Å². The Bertz CT molecular complexity index is 905. The number of carbonyl (C=O) groups is 1. The van der Waals surface area contributed by atoms with Crippen LogP contribution in [0.5, 0.6) is 17.2 Å². The summed E-state index contributed by atoms with van der Waals surface area (Å²) in [5.74, 6) is 1.82. The number of amides is 2. The van der Waals surface area contributed by atoms with Gasteiger partial charge in [-0.05, 0) is 49.2 Å². The fraction of sp³-hybridized carbons (Fsp3) is 0.423. The molecule has 190 valence electrons. The summed E-state index contributed by atoms with van der Waals surface area (Å²) < 4.78 is 33.7. The smallest absolute Gasteiger partial charge is 0.323 e. The van der Waals surface area contributed by atoms with Gasteiger partial charge in [-0.15, -0.1) is 6.58 Å². The van der Waals surface area contributed by atoms with Crippen LogP contribution in [0.15, 0.2) is 55.1 Å². The van der Waals surface area contributed by atoms with Gasteiger partial charge in [0.2, 0.25) is 0 Å². The predicted molar refractivity (Wildman–Crippen MR) is 134 cm³/mol. The van der Waals surface area contributed by atoms with E-state index in [0.717, 1.165) is 18.6 Å². The number of unbranched alkanes of at least 4 members (excludes halogenated alkanes) is 1. The Balaban J connectivity index is 1.53. The van der Waals surface area contributed by atoms with Crippen molar-refractivity contribution in [1.82, 2.24) is 0 Å². The highest BCUT2D eigenvalue weighted by molar-refractivity contribution is 5.99. The van der Waals surface area contributed by atoms with Gasteiger partial charge in [0.25, 0.3) is 0 Å². The van der Waals surface area contributed by atoms with Crippen molar-refractivity contribution in [3.63, 3.8) is 0 Å². The van der Waals surface area contributed by atoms with Crippen LogP contribution >= 0.6 is 0 Å². The van der Waals surface area contributed by atoms with Crippen molar-refractivity contribution in [3.8, 4) is 17.2 Å². The van der Waals surface area contributed by atoms with Crippen LogP contribution in [0.25, 0.3) is 0 Å². The number of hydrogen-bond donors (Lipinski definition) is 2. The molecular weight excluding hydrogens is 452 g/mol. The summed E-state index contributed by atoms with van der Waals surface area (Å²) in [6.45, 7) is 7.87. The van der Waals surface area contributed by atoms with Gasteiger partial charge in [-0.3, -0.25) is 0 Å². The average molecular weight is 487 g/mol. The van der Waals surface area contributed by atoms with E-state index in [9.17, 15) is 4.79 Å². The number of benzene rings is 2. The zero-order valence-electron chi connectivity index (χ0n) is 20.0. The number of anilines is 2. The third-order valence-electron chi connectivity index (χ3n) is 4.85. The second-order valence-corrected chi connectivity index (χ2v) is 7.58. The van der Waals surface area contributed by atoms with Crippen LogP contribution in [-0.2, 0) is 14.2 Å².